The number of nitrogens with one attached hydrogen (secondary N) is 1. The predicted molar refractivity (Wildman–Crippen MR) is 106 cm³/mol. The standard InChI is InChI=1S/C21H18FN3O5/c1-2-29-21(28)20-17(30-13-18(26)23-15-6-4-3-5-7-15)12-19(27)25(24-20)16-10-8-14(22)9-11-16/h3-12H,2,13H2,1H3,(H,23,26). The molecule has 1 heterocycles. The third kappa shape index (κ3) is 5.07. The number of hydrogen-bond acceptors (Lipinski definition) is 6. The van der Waals surface area contributed by atoms with Gasteiger partial charge in [0.2, 0.25) is 5.69 Å². The first kappa shape index (κ1) is 20.7. The number of halogens is 1. The van der Waals surface area contributed by atoms with E-state index in [1.807, 2.05) is 0 Å². The Morgan fingerprint density at radius 3 is 2.47 bits per heavy atom. The Balaban J connectivity index is 1.86. The molecule has 0 saturated carbocycles. The van der Waals surface area contributed by atoms with Crippen LogP contribution in [0.1, 0.15) is 17.4 Å². The molecule has 1 N–H and O–H groups in total. The van der Waals surface area contributed by atoms with Crippen LogP contribution in [0, 0.1) is 5.82 Å². The third-order valence-corrected chi connectivity index (χ3v) is 3.85. The van der Waals surface area contributed by atoms with Crippen molar-refractivity contribution < 1.29 is 23.5 Å². The van der Waals surface area contributed by atoms with Crippen LogP contribution in [0.25, 0.3) is 5.69 Å². The molecule has 0 saturated heterocycles. The summed E-state index contributed by atoms with van der Waals surface area (Å²) >= 11 is 0. The monoisotopic (exact) mass is 411 g/mol. The van der Waals surface area contributed by atoms with E-state index < -0.39 is 29.9 Å². The van der Waals surface area contributed by atoms with Gasteiger partial charge in [-0.3, -0.25) is 9.59 Å². The average Bonchev–Trinajstić information content (AvgIpc) is 2.74. The van der Waals surface area contributed by atoms with E-state index in [4.69, 9.17) is 9.47 Å². The van der Waals surface area contributed by atoms with E-state index in [2.05, 4.69) is 10.4 Å². The van der Waals surface area contributed by atoms with Crippen molar-refractivity contribution in [3.63, 3.8) is 0 Å². The van der Waals surface area contributed by atoms with Crippen molar-refractivity contribution in [3.8, 4) is 11.4 Å². The van der Waals surface area contributed by atoms with Crippen molar-refractivity contribution in [1.29, 1.82) is 0 Å². The number of benzene rings is 2. The van der Waals surface area contributed by atoms with Gasteiger partial charge in [-0.25, -0.2) is 9.18 Å². The smallest absolute Gasteiger partial charge is 0.362 e. The molecule has 1 amide bonds. The maximum absolute atomic E-state index is 13.2. The molecule has 3 aromatic rings. The molecule has 30 heavy (non-hydrogen) atoms. The molecule has 0 aliphatic rings. The number of para-hydroxylation sites is 1. The third-order valence-electron chi connectivity index (χ3n) is 3.85. The molecule has 9 heteroatoms. The van der Waals surface area contributed by atoms with Gasteiger partial charge in [-0.05, 0) is 43.3 Å². The second kappa shape index (κ2) is 9.46. The fourth-order valence-corrected chi connectivity index (χ4v) is 2.52. The number of amides is 1. The highest BCUT2D eigenvalue weighted by atomic mass is 19.1. The number of ether oxygens (including phenoxy) is 2. The van der Waals surface area contributed by atoms with Crippen molar-refractivity contribution in [2.45, 2.75) is 6.92 Å². The lowest BCUT2D eigenvalue weighted by Crippen LogP contribution is -2.27. The zero-order chi connectivity index (χ0) is 21.5. The van der Waals surface area contributed by atoms with Gasteiger partial charge in [0.1, 0.15) is 5.82 Å². The van der Waals surface area contributed by atoms with Crippen molar-refractivity contribution in [3.05, 3.63) is 82.5 Å². The quantitative estimate of drug-likeness (QED) is 0.600. The molecule has 1 aromatic heterocycles. The summed E-state index contributed by atoms with van der Waals surface area (Å²) in [4.78, 5) is 36.9. The Hall–Kier alpha value is -4.01. The lowest BCUT2D eigenvalue weighted by molar-refractivity contribution is -0.118. The van der Waals surface area contributed by atoms with E-state index in [0.29, 0.717) is 5.69 Å². The molecule has 3 rings (SSSR count). The van der Waals surface area contributed by atoms with Crippen molar-refractivity contribution in [2.24, 2.45) is 0 Å². The van der Waals surface area contributed by atoms with Crippen molar-refractivity contribution in [2.75, 3.05) is 18.5 Å². The summed E-state index contributed by atoms with van der Waals surface area (Å²) in [5.41, 5.74) is -0.0942. The van der Waals surface area contributed by atoms with Crippen LogP contribution in [0.3, 0.4) is 0 Å². The summed E-state index contributed by atoms with van der Waals surface area (Å²) < 4.78 is 24.4. The van der Waals surface area contributed by atoms with Crippen LogP contribution in [0.5, 0.6) is 5.75 Å². The van der Waals surface area contributed by atoms with Crippen LogP contribution in [0.2, 0.25) is 0 Å². The molecule has 8 nitrogen and oxygen atoms in total. The van der Waals surface area contributed by atoms with Gasteiger partial charge in [0.25, 0.3) is 11.5 Å². The highest BCUT2D eigenvalue weighted by Crippen LogP contribution is 2.17. The SMILES string of the molecule is CCOC(=O)c1nn(-c2ccc(F)cc2)c(=O)cc1OCC(=O)Nc1ccccc1. The molecule has 0 aliphatic heterocycles. The van der Waals surface area contributed by atoms with E-state index >= 15 is 0 Å². The molecule has 154 valence electrons. The Bertz CT molecular complexity index is 1100. The van der Waals surface area contributed by atoms with Crippen LogP contribution < -0.4 is 15.6 Å². The van der Waals surface area contributed by atoms with Gasteiger partial charge in [-0.1, -0.05) is 18.2 Å². The summed E-state index contributed by atoms with van der Waals surface area (Å²) in [6.07, 6.45) is 0. The fraction of sp³-hybridized carbons (Fsp3) is 0.143. The summed E-state index contributed by atoms with van der Waals surface area (Å²) in [6, 6.07) is 14.7. The van der Waals surface area contributed by atoms with E-state index in [1.165, 1.54) is 12.1 Å². The Kier molecular flexibility index (Phi) is 6.53. The number of rotatable bonds is 7. The summed E-state index contributed by atoms with van der Waals surface area (Å²) in [6.45, 7) is 1.23. The largest absolute Gasteiger partial charge is 0.481 e. The zero-order valence-electron chi connectivity index (χ0n) is 16.0. The van der Waals surface area contributed by atoms with Crippen LogP contribution in [0.15, 0.2) is 65.5 Å². The van der Waals surface area contributed by atoms with Crippen LogP contribution in [0.4, 0.5) is 10.1 Å². The molecule has 0 fully saturated rings. The molecule has 0 atom stereocenters. The summed E-state index contributed by atoms with van der Waals surface area (Å²) in [5.74, 6) is -1.99. The van der Waals surface area contributed by atoms with E-state index in [9.17, 15) is 18.8 Å². The maximum atomic E-state index is 13.2. The summed E-state index contributed by atoms with van der Waals surface area (Å²) in [5, 5.41) is 6.63. The van der Waals surface area contributed by atoms with Gasteiger partial charge < -0.3 is 14.8 Å². The molecular weight excluding hydrogens is 393 g/mol. The molecule has 0 spiro atoms. The number of nitrogens with zero attached hydrogens (tertiary/aromatic N) is 2. The minimum atomic E-state index is -0.827. The van der Waals surface area contributed by atoms with E-state index in [1.54, 1.807) is 37.3 Å². The number of esters is 1. The molecular formula is C21H18FN3O5. The Labute approximate surface area is 170 Å². The highest BCUT2D eigenvalue weighted by molar-refractivity contribution is 5.93. The lowest BCUT2D eigenvalue weighted by atomic mass is 10.3. The van der Waals surface area contributed by atoms with Gasteiger partial charge in [-0.15, -0.1) is 0 Å². The maximum Gasteiger partial charge on any atom is 0.362 e. The van der Waals surface area contributed by atoms with Crippen molar-refractivity contribution >= 4 is 17.6 Å². The van der Waals surface area contributed by atoms with E-state index in [0.717, 1.165) is 22.9 Å². The first-order valence-electron chi connectivity index (χ1n) is 9.03. The molecule has 2 aromatic carbocycles. The molecule has 0 radical (unpaired) electrons. The first-order valence-corrected chi connectivity index (χ1v) is 9.03. The number of carbonyl (C=O) groups is 2. The fourth-order valence-electron chi connectivity index (χ4n) is 2.52. The topological polar surface area (TPSA) is 99.5 Å². The van der Waals surface area contributed by atoms with Gasteiger partial charge in [0.15, 0.2) is 12.4 Å². The number of hydrogen-bond donors (Lipinski definition) is 1. The zero-order valence-corrected chi connectivity index (χ0v) is 16.0. The van der Waals surface area contributed by atoms with Gasteiger partial charge in [-0.2, -0.15) is 9.78 Å². The normalized spacial score (nSPS) is 10.3. The highest BCUT2D eigenvalue weighted by Gasteiger charge is 2.20. The number of aromatic nitrogens is 2. The van der Waals surface area contributed by atoms with Gasteiger partial charge in [0, 0.05) is 5.69 Å². The first-order chi connectivity index (χ1) is 14.5. The molecule has 0 aliphatic carbocycles. The van der Waals surface area contributed by atoms with E-state index in [-0.39, 0.29) is 23.7 Å². The molecule has 0 unspecified atom stereocenters. The second-order valence-corrected chi connectivity index (χ2v) is 6.01. The Morgan fingerprint density at radius 1 is 1.10 bits per heavy atom. The minimum Gasteiger partial charge on any atom is -0.481 e. The van der Waals surface area contributed by atoms with Crippen molar-refractivity contribution in [1.82, 2.24) is 9.78 Å². The minimum absolute atomic E-state index is 0.0735. The predicted octanol–water partition coefficient (Wildman–Crippen LogP) is 2.57. The number of carbonyl (C=O) groups excluding carboxylic acids is 2. The molecule has 0 bridgehead atoms. The second-order valence-electron chi connectivity index (χ2n) is 6.01. The van der Waals surface area contributed by atoms with Crippen LogP contribution >= 0.6 is 0 Å². The van der Waals surface area contributed by atoms with Gasteiger partial charge in [0.05, 0.1) is 18.4 Å². The number of anilines is 1. The Morgan fingerprint density at radius 2 is 1.80 bits per heavy atom. The van der Waals surface area contributed by atoms with Gasteiger partial charge >= 0.3 is 5.97 Å². The van der Waals surface area contributed by atoms with Crippen LogP contribution in [-0.4, -0.2) is 34.9 Å². The lowest BCUT2D eigenvalue weighted by Gasteiger charge is -2.12. The van der Waals surface area contributed by atoms with Crippen LogP contribution in [-0.2, 0) is 9.53 Å². The average molecular weight is 411 g/mol. The summed E-state index contributed by atoms with van der Waals surface area (Å²) in [7, 11) is 0.